The first-order chi connectivity index (χ1) is 8.08. The molecule has 2 rings (SSSR count). The highest BCUT2D eigenvalue weighted by Crippen LogP contribution is 2.42. The van der Waals surface area contributed by atoms with Gasteiger partial charge in [0.15, 0.2) is 0 Å². The molecule has 0 saturated carbocycles. The molecule has 1 nitrogen and oxygen atoms in total. The van der Waals surface area contributed by atoms with Gasteiger partial charge in [0.25, 0.3) is 0 Å². The van der Waals surface area contributed by atoms with Crippen LogP contribution >= 0.6 is 50.9 Å². The van der Waals surface area contributed by atoms with Crippen LogP contribution in [0.15, 0.2) is 50.7 Å². The molecule has 2 N–H and O–H groups in total. The lowest BCUT2D eigenvalue weighted by Crippen LogP contribution is -1.86. The number of hydrogen-bond donors (Lipinski definition) is 1. The summed E-state index contributed by atoms with van der Waals surface area (Å²) in [6, 6.07) is 11.3. The highest BCUT2D eigenvalue weighted by Gasteiger charge is 2.10. The van der Waals surface area contributed by atoms with Crippen LogP contribution in [0.5, 0.6) is 0 Å². The molecule has 0 radical (unpaired) electrons. The summed E-state index contributed by atoms with van der Waals surface area (Å²) in [5.74, 6) is 0. The van der Waals surface area contributed by atoms with E-state index in [9.17, 15) is 0 Å². The fourth-order valence-electron chi connectivity index (χ4n) is 1.31. The summed E-state index contributed by atoms with van der Waals surface area (Å²) in [5.41, 5.74) is 6.23. The smallest absolute Gasteiger partial charge is 0.0581 e. The van der Waals surface area contributed by atoms with Crippen LogP contribution in [0.3, 0.4) is 0 Å². The molecule has 0 atom stereocenters. The molecule has 2 aromatic rings. The largest absolute Gasteiger partial charge is 0.399 e. The normalized spacial score (nSPS) is 10.5. The zero-order chi connectivity index (χ0) is 12.4. The molecule has 0 aliphatic rings. The van der Waals surface area contributed by atoms with Crippen LogP contribution < -0.4 is 5.73 Å². The van der Waals surface area contributed by atoms with Crippen molar-refractivity contribution in [1.82, 2.24) is 0 Å². The van der Waals surface area contributed by atoms with Gasteiger partial charge >= 0.3 is 0 Å². The second-order valence-corrected chi connectivity index (χ2v) is 6.07. The van der Waals surface area contributed by atoms with Gasteiger partial charge in [-0.05, 0) is 40.2 Å². The average Bonchev–Trinajstić information content (AvgIpc) is 2.25. The van der Waals surface area contributed by atoms with Gasteiger partial charge in [-0.1, -0.05) is 47.1 Å². The minimum atomic E-state index is 0.566. The minimum Gasteiger partial charge on any atom is -0.399 e. The van der Waals surface area contributed by atoms with E-state index >= 15 is 0 Å². The van der Waals surface area contributed by atoms with E-state index in [4.69, 9.17) is 28.9 Å². The highest BCUT2D eigenvalue weighted by atomic mass is 79.9. The SMILES string of the molecule is Nc1cc(Cl)c(Sc2ccccc2Br)c(Cl)c1. The lowest BCUT2D eigenvalue weighted by molar-refractivity contribution is 1.37. The summed E-state index contributed by atoms with van der Waals surface area (Å²) in [6.07, 6.45) is 0. The number of benzene rings is 2. The molecule has 88 valence electrons. The first kappa shape index (κ1) is 13.1. The van der Waals surface area contributed by atoms with Gasteiger partial charge in [-0.25, -0.2) is 0 Å². The lowest BCUT2D eigenvalue weighted by Gasteiger charge is -2.09. The molecule has 2 aromatic carbocycles. The van der Waals surface area contributed by atoms with Crippen molar-refractivity contribution in [2.45, 2.75) is 9.79 Å². The van der Waals surface area contributed by atoms with E-state index in [2.05, 4.69) is 15.9 Å². The van der Waals surface area contributed by atoms with Gasteiger partial charge in [0.05, 0.1) is 10.0 Å². The van der Waals surface area contributed by atoms with Crippen LogP contribution in [0.4, 0.5) is 5.69 Å². The Hall–Kier alpha value is -0.350. The summed E-state index contributed by atoms with van der Waals surface area (Å²) in [7, 11) is 0. The summed E-state index contributed by atoms with van der Waals surface area (Å²) in [5, 5.41) is 1.13. The van der Waals surface area contributed by atoms with Crippen LogP contribution in [-0.4, -0.2) is 0 Å². The molecular formula is C12H8BrCl2NS. The zero-order valence-corrected chi connectivity index (χ0v) is 12.5. The van der Waals surface area contributed by atoms with Crippen LogP contribution in [-0.2, 0) is 0 Å². The van der Waals surface area contributed by atoms with Crippen molar-refractivity contribution < 1.29 is 0 Å². The Morgan fingerprint density at radius 1 is 1.06 bits per heavy atom. The van der Waals surface area contributed by atoms with E-state index in [0.717, 1.165) is 14.3 Å². The third-order valence-corrected chi connectivity index (χ3v) is 5.06. The van der Waals surface area contributed by atoms with Gasteiger partial charge in [0.2, 0.25) is 0 Å². The Morgan fingerprint density at radius 3 is 2.24 bits per heavy atom. The van der Waals surface area contributed by atoms with Gasteiger partial charge in [-0.3, -0.25) is 0 Å². The summed E-state index contributed by atoms with van der Waals surface area (Å²) >= 11 is 17.3. The Labute approximate surface area is 122 Å². The van der Waals surface area contributed by atoms with Gasteiger partial charge in [-0.2, -0.15) is 0 Å². The monoisotopic (exact) mass is 347 g/mol. The molecule has 0 saturated heterocycles. The number of hydrogen-bond acceptors (Lipinski definition) is 2. The predicted octanol–water partition coefficient (Wildman–Crippen LogP) is 5.49. The van der Waals surface area contributed by atoms with E-state index in [0.29, 0.717) is 15.7 Å². The van der Waals surface area contributed by atoms with Crippen molar-refractivity contribution in [2.24, 2.45) is 0 Å². The first-order valence-corrected chi connectivity index (χ1v) is 7.11. The molecule has 0 bridgehead atoms. The maximum atomic E-state index is 6.14. The van der Waals surface area contributed by atoms with Gasteiger partial charge < -0.3 is 5.73 Å². The molecule has 0 spiro atoms. The van der Waals surface area contributed by atoms with Gasteiger partial charge in [-0.15, -0.1) is 0 Å². The summed E-state index contributed by atoms with van der Waals surface area (Å²) in [4.78, 5) is 1.87. The Balaban J connectivity index is 2.40. The fraction of sp³-hybridized carbons (Fsp3) is 0. The van der Waals surface area contributed by atoms with Crippen molar-refractivity contribution in [3.63, 3.8) is 0 Å². The van der Waals surface area contributed by atoms with Crippen LogP contribution in [0.25, 0.3) is 0 Å². The Kier molecular flexibility index (Phi) is 4.26. The fourth-order valence-corrected chi connectivity index (χ4v) is 3.42. The van der Waals surface area contributed by atoms with Gasteiger partial charge in [0, 0.05) is 20.0 Å². The van der Waals surface area contributed by atoms with Gasteiger partial charge in [0.1, 0.15) is 0 Å². The van der Waals surface area contributed by atoms with E-state index < -0.39 is 0 Å². The molecule has 0 aromatic heterocycles. The van der Waals surface area contributed by atoms with Crippen molar-refractivity contribution >= 4 is 56.6 Å². The Bertz CT molecular complexity index is 537. The number of anilines is 1. The minimum absolute atomic E-state index is 0.566. The molecule has 0 fully saturated rings. The number of rotatable bonds is 2. The lowest BCUT2D eigenvalue weighted by atomic mass is 10.3. The second-order valence-electron chi connectivity index (χ2n) is 3.35. The second kappa shape index (κ2) is 5.53. The average molecular weight is 349 g/mol. The van der Waals surface area contributed by atoms with E-state index in [1.54, 1.807) is 12.1 Å². The first-order valence-electron chi connectivity index (χ1n) is 4.75. The molecule has 0 amide bonds. The van der Waals surface area contributed by atoms with Crippen molar-refractivity contribution in [1.29, 1.82) is 0 Å². The van der Waals surface area contributed by atoms with E-state index in [1.807, 2.05) is 24.3 Å². The quantitative estimate of drug-likeness (QED) is 0.726. The molecule has 17 heavy (non-hydrogen) atoms. The standard InChI is InChI=1S/C12H8BrCl2NS/c13-8-3-1-2-4-11(8)17-12-9(14)5-7(16)6-10(12)15/h1-6H,16H2. The molecule has 0 aliphatic heterocycles. The third kappa shape index (κ3) is 3.10. The molecule has 0 unspecified atom stereocenters. The van der Waals surface area contributed by atoms with Crippen molar-refractivity contribution in [2.75, 3.05) is 5.73 Å². The number of halogens is 3. The Morgan fingerprint density at radius 2 is 1.65 bits per heavy atom. The molecule has 5 heteroatoms. The van der Waals surface area contributed by atoms with E-state index in [1.165, 1.54) is 11.8 Å². The molecule has 0 heterocycles. The van der Waals surface area contributed by atoms with Crippen molar-refractivity contribution in [3.8, 4) is 0 Å². The number of nitrogen functional groups attached to an aromatic ring is 1. The van der Waals surface area contributed by atoms with Crippen LogP contribution in [0.2, 0.25) is 10.0 Å². The molecular weight excluding hydrogens is 341 g/mol. The maximum Gasteiger partial charge on any atom is 0.0581 e. The van der Waals surface area contributed by atoms with Crippen LogP contribution in [0.1, 0.15) is 0 Å². The number of nitrogens with two attached hydrogens (primary N) is 1. The van der Waals surface area contributed by atoms with E-state index in [-0.39, 0.29) is 0 Å². The topological polar surface area (TPSA) is 26.0 Å². The maximum absolute atomic E-state index is 6.14. The van der Waals surface area contributed by atoms with Crippen LogP contribution in [0, 0.1) is 0 Å². The summed E-state index contributed by atoms with van der Waals surface area (Å²) < 4.78 is 1.01. The highest BCUT2D eigenvalue weighted by molar-refractivity contribution is 9.10. The zero-order valence-electron chi connectivity index (χ0n) is 8.58. The van der Waals surface area contributed by atoms with Crippen molar-refractivity contribution in [3.05, 3.63) is 50.9 Å². The predicted molar refractivity (Wildman–Crippen MR) is 79.1 cm³/mol. The summed E-state index contributed by atoms with van der Waals surface area (Å²) in [6.45, 7) is 0. The molecule has 0 aliphatic carbocycles. The third-order valence-electron chi connectivity index (χ3n) is 2.07.